The van der Waals surface area contributed by atoms with Gasteiger partial charge in [-0.1, -0.05) is 5.16 Å². The number of carbonyl (C=O) groups is 2. The molecule has 0 unspecified atom stereocenters. The Morgan fingerprint density at radius 3 is 2.42 bits per heavy atom. The van der Waals surface area contributed by atoms with Gasteiger partial charge in [0.05, 0.1) is 12.1 Å². The average molecular weight is 261 g/mol. The third-order valence-electron chi connectivity index (χ3n) is 2.37. The second-order valence-electron chi connectivity index (χ2n) is 3.79. The lowest BCUT2D eigenvalue weighted by molar-refractivity contribution is 0.0696. The van der Waals surface area contributed by atoms with Crippen LogP contribution in [0.25, 0.3) is 0 Å². The van der Waals surface area contributed by atoms with E-state index in [1.807, 2.05) is 0 Å². The number of hydrogen-bond donors (Lipinski definition) is 2. The molecule has 0 aliphatic heterocycles. The van der Waals surface area contributed by atoms with Crippen LogP contribution in [0.1, 0.15) is 32.4 Å². The van der Waals surface area contributed by atoms with Crippen LogP contribution in [0.3, 0.4) is 0 Å². The summed E-state index contributed by atoms with van der Waals surface area (Å²) in [6.45, 7) is 1.81. The number of nitrogens with one attached hydrogen (secondary N) is 1. The smallest absolute Gasteiger partial charge is 0.335 e. The maximum atomic E-state index is 11.8. The molecule has 0 saturated carbocycles. The lowest BCUT2D eigenvalue weighted by atomic mass is 10.1. The normalized spacial score (nSPS) is 10.2. The minimum atomic E-state index is -1.03. The highest BCUT2D eigenvalue weighted by Gasteiger charge is 2.09. The van der Waals surface area contributed by atoms with Crippen LogP contribution < -0.4 is 5.32 Å². The van der Waals surface area contributed by atoms with E-state index in [-0.39, 0.29) is 18.0 Å². The second kappa shape index (κ2) is 5.30. The average Bonchev–Trinajstić information content (AvgIpc) is 2.82. The molecule has 19 heavy (non-hydrogen) atoms. The number of carbonyl (C=O) groups excluding carboxylic acids is 1. The van der Waals surface area contributed by atoms with Gasteiger partial charge in [0.1, 0.15) is 0 Å². The van der Waals surface area contributed by atoms with E-state index in [1.165, 1.54) is 24.3 Å². The number of hydrogen-bond acceptors (Lipinski definition) is 5. The van der Waals surface area contributed by atoms with E-state index in [2.05, 4.69) is 15.5 Å². The molecule has 7 nitrogen and oxygen atoms in total. The summed E-state index contributed by atoms with van der Waals surface area (Å²) >= 11 is 0. The Morgan fingerprint density at radius 1 is 1.26 bits per heavy atom. The molecule has 98 valence electrons. The number of carboxylic acid groups (broad SMARTS) is 1. The molecular weight excluding hydrogens is 250 g/mol. The van der Waals surface area contributed by atoms with Gasteiger partial charge >= 0.3 is 5.97 Å². The standard InChI is InChI=1S/C12H11N3O4/c1-7-14-10(15-19-7)6-13-11(16)8-2-4-9(5-3-8)12(17)18/h2-5H,6H2,1H3,(H,13,16)(H,17,18). The molecule has 2 rings (SSSR count). The summed E-state index contributed by atoms with van der Waals surface area (Å²) < 4.78 is 4.77. The van der Waals surface area contributed by atoms with Crippen molar-refractivity contribution in [1.29, 1.82) is 0 Å². The van der Waals surface area contributed by atoms with Gasteiger partial charge in [-0.05, 0) is 24.3 Å². The Balaban J connectivity index is 1.98. The highest BCUT2D eigenvalue weighted by Crippen LogP contribution is 2.05. The molecule has 2 aromatic rings. The number of carboxylic acids is 1. The summed E-state index contributed by atoms with van der Waals surface area (Å²) in [5.74, 6) is -0.559. The van der Waals surface area contributed by atoms with Crippen LogP contribution in [0.15, 0.2) is 28.8 Å². The fourth-order valence-electron chi connectivity index (χ4n) is 1.44. The van der Waals surface area contributed by atoms with Crippen LogP contribution in [0.5, 0.6) is 0 Å². The van der Waals surface area contributed by atoms with Crippen molar-refractivity contribution in [3.05, 3.63) is 47.1 Å². The number of rotatable bonds is 4. The quantitative estimate of drug-likeness (QED) is 0.850. The zero-order valence-corrected chi connectivity index (χ0v) is 10.1. The minimum Gasteiger partial charge on any atom is -0.478 e. The molecule has 1 heterocycles. The SMILES string of the molecule is Cc1nc(CNC(=O)c2ccc(C(=O)O)cc2)no1. The van der Waals surface area contributed by atoms with Gasteiger partial charge in [-0.2, -0.15) is 4.98 Å². The van der Waals surface area contributed by atoms with Crippen molar-refractivity contribution in [2.75, 3.05) is 0 Å². The fourth-order valence-corrected chi connectivity index (χ4v) is 1.44. The fraction of sp³-hybridized carbons (Fsp3) is 0.167. The summed E-state index contributed by atoms with van der Waals surface area (Å²) in [6.07, 6.45) is 0. The first-order chi connectivity index (χ1) is 9.06. The highest BCUT2D eigenvalue weighted by molar-refractivity contribution is 5.95. The number of nitrogens with zero attached hydrogens (tertiary/aromatic N) is 2. The van der Waals surface area contributed by atoms with Gasteiger partial charge in [-0.3, -0.25) is 4.79 Å². The Morgan fingerprint density at radius 2 is 1.89 bits per heavy atom. The van der Waals surface area contributed by atoms with Crippen molar-refractivity contribution >= 4 is 11.9 Å². The molecule has 0 spiro atoms. The van der Waals surface area contributed by atoms with Crippen LogP contribution in [0.2, 0.25) is 0 Å². The summed E-state index contributed by atoms with van der Waals surface area (Å²) in [5.41, 5.74) is 0.496. The van der Waals surface area contributed by atoms with E-state index in [0.29, 0.717) is 17.3 Å². The number of amides is 1. The maximum absolute atomic E-state index is 11.8. The van der Waals surface area contributed by atoms with Crippen molar-refractivity contribution in [2.45, 2.75) is 13.5 Å². The molecule has 2 N–H and O–H groups in total. The van der Waals surface area contributed by atoms with Crippen molar-refractivity contribution in [3.63, 3.8) is 0 Å². The van der Waals surface area contributed by atoms with Gasteiger partial charge in [0.15, 0.2) is 5.82 Å². The molecule has 0 radical (unpaired) electrons. The van der Waals surface area contributed by atoms with Crippen LogP contribution in [-0.4, -0.2) is 27.1 Å². The predicted molar refractivity (Wildman–Crippen MR) is 63.6 cm³/mol. The molecule has 0 fully saturated rings. The first-order valence-electron chi connectivity index (χ1n) is 5.47. The number of aryl methyl sites for hydroxylation is 1. The molecule has 0 aliphatic carbocycles. The van der Waals surface area contributed by atoms with E-state index in [1.54, 1.807) is 6.92 Å². The first kappa shape index (κ1) is 12.7. The number of aromatic nitrogens is 2. The van der Waals surface area contributed by atoms with Crippen molar-refractivity contribution in [3.8, 4) is 0 Å². The lowest BCUT2D eigenvalue weighted by Gasteiger charge is -2.02. The van der Waals surface area contributed by atoms with Gasteiger partial charge in [0, 0.05) is 12.5 Å². The largest absolute Gasteiger partial charge is 0.478 e. The van der Waals surface area contributed by atoms with E-state index >= 15 is 0 Å². The molecular formula is C12H11N3O4. The van der Waals surface area contributed by atoms with E-state index < -0.39 is 5.97 Å². The summed E-state index contributed by atoms with van der Waals surface area (Å²) in [7, 11) is 0. The summed E-state index contributed by atoms with van der Waals surface area (Å²) in [4.78, 5) is 26.4. The van der Waals surface area contributed by atoms with E-state index in [9.17, 15) is 9.59 Å². The molecule has 1 aromatic heterocycles. The van der Waals surface area contributed by atoms with Crippen LogP contribution in [-0.2, 0) is 6.54 Å². The Kier molecular flexibility index (Phi) is 3.56. The third-order valence-corrected chi connectivity index (χ3v) is 2.37. The predicted octanol–water partition coefficient (Wildman–Crippen LogP) is 1.01. The molecule has 0 aliphatic rings. The number of benzene rings is 1. The molecule has 0 saturated heterocycles. The van der Waals surface area contributed by atoms with Crippen LogP contribution in [0, 0.1) is 6.92 Å². The molecule has 1 amide bonds. The molecule has 0 atom stereocenters. The van der Waals surface area contributed by atoms with Crippen molar-refractivity contribution < 1.29 is 19.2 Å². The van der Waals surface area contributed by atoms with Crippen LogP contribution in [0.4, 0.5) is 0 Å². The van der Waals surface area contributed by atoms with Gasteiger partial charge in [0.2, 0.25) is 5.89 Å². The lowest BCUT2D eigenvalue weighted by Crippen LogP contribution is -2.23. The number of aromatic carboxylic acids is 1. The Hall–Kier alpha value is -2.70. The molecule has 0 bridgehead atoms. The van der Waals surface area contributed by atoms with Gasteiger partial charge < -0.3 is 14.9 Å². The highest BCUT2D eigenvalue weighted by atomic mass is 16.5. The Bertz CT molecular complexity index is 604. The summed E-state index contributed by atoms with van der Waals surface area (Å²) in [6, 6.07) is 5.63. The molecule has 7 heteroatoms. The first-order valence-corrected chi connectivity index (χ1v) is 5.47. The molecule has 1 aromatic carbocycles. The third kappa shape index (κ3) is 3.15. The van der Waals surface area contributed by atoms with Crippen molar-refractivity contribution in [2.24, 2.45) is 0 Å². The minimum absolute atomic E-state index is 0.130. The zero-order chi connectivity index (χ0) is 13.8. The topological polar surface area (TPSA) is 105 Å². The Labute approximate surface area is 108 Å². The second-order valence-corrected chi connectivity index (χ2v) is 3.79. The van der Waals surface area contributed by atoms with Gasteiger partial charge in [-0.25, -0.2) is 4.79 Å². The van der Waals surface area contributed by atoms with E-state index in [4.69, 9.17) is 9.63 Å². The maximum Gasteiger partial charge on any atom is 0.335 e. The monoisotopic (exact) mass is 261 g/mol. The van der Waals surface area contributed by atoms with Crippen LogP contribution >= 0.6 is 0 Å². The van der Waals surface area contributed by atoms with Gasteiger partial charge in [0.25, 0.3) is 5.91 Å². The van der Waals surface area contributed by atoms with Crippen molar-refractivity contribution in [1.82, 2.24) is 15.5 Å². The van der Waals surface area contributed by atoms with E-state index in [0.717, 1.165) is 0 Å². The zero-order valence-electron chi connectivity index (χ0n) is 10.1. The summed E-state index contributed by atoms with van der Waals surface area (Å²) in [5, 5.41) is 15.0. The van der Waals surface area contributed by atoms with Gasteiger partial charge in [-0.15, -0.1) is 0 Å².